The number of hydrogen-bond acceptors (Lipinski definition) is 14. The minimum atomic E-state index is -1.11. The van der Waals surface area contributed by atoms with E-state index >= 15 is 0 Å². The lowest BCUT2D eigenvalue weighted by Crippen LogP contribution is -2.30. The molecule has 0 spiro atoms. The summed E-state index contributed by atoms with van der Waals surface area (Å²) in [5.74, 6) is -3.43. The number of carbonyl (C=O) groups is 5. The maximum absolute atomic E-state index is 14.7. The molecule has 2 fully saturated rings. The van der Waals surface area contributed by atoms with Gasteiger partial charge in [0.25, 0.3) is 23.6 Å². The fraction of sp³-hybridized carbons (Fsp3) is 0.303. The van der Waals surface area contributed by atoms with Crippen LogP contribution in [-0.2, 0) is 68.2 Å². The van der Waals surface area contributed by atoms with Gasteiger partial charge in [-0.15, -0.1) is 0 Å². The number of halogens is 2. The number of carbonyl (C=O) groups excluding carboxylic acids is 4. The Morgan fingerprint density at radius 2 is 0.879 bits per heavy atom. The van der Waals surface area contributed by atoms with Crippen LogP contribution in [0.15, 0.2) is 146 Å². The predicted octanol–water partition coefficient (Wildman–Crippen LogP) is 11.7. The average molecular weight is 1340 g/mol. The first-order valence-corrected chi connectivity index (χ1v) is 33.5. The highest BCUT2D eigenvalue weighted by atomic mass is 19.1. The number of rotatable bonds is 24. The summed E-state index contributed by atoms with van der Waals surface area (Å²) in [6.07, 6.45) is 8.51. The van der Waals surface area contributed by atoms with E-state index in [1.54, 1.807) is 103 Å². The number of hydrogen-bond donors (Lipinski definition) is 8. The summed E-state index contributed by atoms with van der Waals surface area (Å²) in [7, 11) is 0. The van der Waals surface area contributed by atoms with E-state index in [1.807, 2.05) is 49.5 Å². The summed E-state index contributed by atoms with van der Waals surface area (Å²) in [5.41, 5.74) is 12.1. The Labute approximate surface area is 571 Å². The predicted molar refractivity (Wildman–Crippen MR) is 374 cm³/mol. The summed E-state index contributed by atoms with van der Waals surface area (Å²) < 4.78 is 44.3. The van der Waals surface area contributed by atoms with E-state index < -0.39 is 23.5 Å². The lowest BCUT2D eigenvalue weighted by Gasteiger charge is -2.26. The normalized spacial score (nSPS) is 13.3. The second-order valence-electron chi connectivity index (χ2n) is 24.3. The third-order valence-electron chi connectivity index (χ3n) is 17.8. The molecule has 0 bridgehead atoms. The molecule has 0 radical (unpaired) electrons. The highest BCUT2D eigenvalue weighted by Gasteiger charge is 2.26. The summed E-state index contributed by atoms with van der Waals surface area (Å²) >= 11 is 0. The Balaban J connectivity index is 0.000000200. The van der Waals surface area contributed by atoms with Crippen molar-refractivity contribution in [3.05, 3.63) is 225 Å². The number of aromatic carboxylic acids is 1. The maximum atomic E-state index is 14.7. The van der Waals surface area contributed by atoms with E-state index in [1.165, 1.54) is 30.3 Å². The number of aliphatic hydroxyl groups excluding tert-OH is 1. The van der Waals surface area contributed by atoms with Crippen molar-refractivity contribution in [3.63, 3.8) is 0 Å². The summed E-state index contributed by atoms with van der Waals surface area (Å²) in [6, 6.07) is 35.6. The van der Waals surface area contributed by atoms with Gasteiger partial charge >= 0.3 is 5.97 Å². The number of carboxylic acids is 1. The third-order valence-corrected chi connectivity index (χ3v) is 17.8. The SMILES string of the molecule is CCc1nc2c(cnn2CC)c(NC2CCOCC2)c1CNC(=O)c1cccc(C(=O)NCc2ccc(F)c(-c3cccc(C(=O)O)c3)c2)c1.CCc1nc2c(cnn2CC)c(NC2CCOCC2)c1CNC(=O)c1cccc(C(=O)NCc2ccc(F)c(-c3cccc(CO)c3)c2)c1. The van der Waals surface area contributed by atoms with E-state index in [4.69, 9.17) is 19.4 Å². The molecular formula is C76H80F2N12O9. The topological polar surface area (TPSA) is 278 Å². The molecule has 2 aliphatic heterocycles. The average Bonchev–Trinajstić information content (AvgIpc) is 1.73. The number of aromatic nitrogens is 6. The molecule has 4 aromatic heterocycles. The van der Waals surface area contributed by atoms with Crippen LogP contribution < -0.4 is 31.9 Å². The number of nitrogens with zero attached hydrogens (tertiary/aromatic N) is 6. The lowest BCUT2D eigenvalue weighted by molar-refractivity contribution is 0.0695. The Morgan fingerprint density at radius 3 is 1.28 bits per heavy atom. The van der Waals surface area contributed by atoms with Gasteiger partial charge < -0.3 is 51.6 Å². The number of anilines is 2. The van der Waals surface area contributed by atoms with Gasteiger partial charge in [-0.3, -0.25) is 19.2 Å². The largest absolute Gasteiger partial charge is 0.478 e. The van der Waals surface area contributed by atoms with E-state index in [9.17, 15) is 43.0 Å². The Hall–Kier alpha value is -10.8. The molecule has 23 heteroatoms. The van der Waals surface area contributed by atoms with Crippen LogP contribution in [0.25, 0.3) is 44.3 Å². The van der Waals surface area contributed by atoms with Crippen LogP contribution in [0.5, 0.6) is 0 Å². The smallest absolute Gasteiger partial charge is 0.335 e. The van der Waals surface area contributed by atoms with E-state index in [0.717, 1.165) is 81.6 Å². The van der Waals surface area contributed by atoms with Crippen LogP contribution >= 0.6 is 0 Å². The fourth-order valence-electron chi connectivity index (χ4n) is 12.4. The van der Waals surface area contributed by atoms with Gasteiger partial charge in [0.15, 0.2) is 11.3 Å². The van der Waals surface area contributed by atoms with Crippen LogP contribution in [0, 0.1) is 11.6 Å². The molecule has 0 unspecified atom stereocenters. The van der Waals surface area contributed by atoms with Crippen molar-refractivity contribution < 1.29 is 52.4 Å². The van der Waals surface area contributed by atoms with E-state index in [2.05, 4.69) is 42.1 Å². The van der Waals surface area contributed by atoms with E-state index in [0.29, 0.717) is 108 Å². The zero-order chi connectivity index (χ0) is 69.5. The van der Waals surface area contributed by atoms with Crippen molar-refractivity contribution in [2.45, 2.75) is 124 Å². The molecule has 2 saturated heterocycles. The monoisotopic (exact) mass is 1340 g/mol. The zero-order valence-corrected chi connectivity index (χ0v) is 55.7. The van der Waals surface area contributed by atoms with Gasteiger partial charge in [0, 0.05) is 134 Å². The van der Waals surface area contributed by atoms with Crippen LogP contribution in [-0.4, -0.2) is 108 Å². The Kier molecular flexibility index (Phi) is 22.9. The van der Waals surface area contributed by atoms with Gasteiger partial charge in [0.2, 0.25) is 0 Å². The highest BCUT2D eigenvalue weighted by molar-refractivity contribution is 6.01. The number of carboxylic acid groups (broad SMARTS) is 1. The minimum Gasteiger partial charge on any atom is -0.478 e. The zero-order valence-electron chi connectivity index (χ0n) is 55.7. The molecule has 21 nitrogen and oxygen atoms in total. The van der Waals surface area contributed by atoms with Crippen molar-refractivity contribution in [3.8, 4) is 22.3 Å². The molecule has 8 N–H and O–H groups in total. The first kappa shape index (κ1) is 69.6. The number of nitrogens with one attached hydrogen (secondary N) is 6. The third kappa shape index (κ3) is 16.6. The Morgan fingerprint density at radius 1 is 0.485 bits per heavy atom. The molecule has 99 heavy (non-hydrogen) atoms. The first-order chi connectivity index (χ1) is 48.1. The van der Waals surface area contributed by atoms with Gasteiger partial charge in [0.1, 0.15) is 11.6 Å². The minimum absolute atomic E-state index is 0.0455. The molecule has 6 heterocycles. The van der Waals surface area contributed by atoms with Crippen LogP contribution in [0.3, 0.4) is 0 Å². The summed E-state index contributed by atoms with van der Waals surface area (Å²) in [4.78, 5) is 74.6. The molecular weight excluding hydrogens is 1260 g/mol. The number of benzene rings is 6. The van der Waals surface area contributed by atoms with Gasteiger partial charge in [-0.1, -0.05) is 68.4 Å². The number of aliphatic hydroxyl groups is 1. The first-order valence-electron chi connectivity index (χ1n) is 33.5. The number of amides is 4. The lowest BCUT2D eigenvalue weighted by atomic mass is 10.0. The van der Waals surface area contributed by atoms with Gasteiger partial charge in [-0.05, 0) is 159 Å². The molecule has 12 rings (SSSR count). The van der Waals surface area contributed by atoms with Gasteiger partial charge in [-0.25, -0.2) is 32.9 Å². The molecule has 512 valence electrons. The molecule has 10 aromatic rings. The van der Waals surface area contributed by atoms with Crippen molar-refractivity contribution >= 4 is 63.0 Å². The van der Waals surface area contributed by atoms with Crippen molar-refractivity contribution in [2.75, 3.05) is 37.1 Å². The fourth-order valence-corrected chi connectivity index (χ4v) is 12.4. The second kappa shape index (κ2) is 32.5. The second-order valence-corrected chi connectivity index (χ2v) is 24.3. The van der Waals surface area contributed by atoms with Crippen molar-refractivity contribution in [2.24, 2.45) is 0 Å². The van der Waals surface area contributed by atoms with Gasteiger partial charge in [0.05, 0.1) is 46.7 Å². The van der Waals surface area contributed by atoms with Crippen LogP contribution in [0.4, 0.5) is 20.2 Å². The van der Waals surface area contributed by atoms with Crippen molar-refractivity contribution in [1.82, 2.24) is 50.8 Å². The van der Waals surface area contributed by atoms with Crippen molar-refractivity contribution in [1.29, 1.82) is 0 Å². The standard InChI is InChI=1S/C38H39FN6O5.C38H41FN6O4/c1-3-33-30(34(43-28-13-15-50-16-14-28)31-22-42-45(4-2)35(31)44-33)21-41-37(47)26-9-6-8-25(19-26)36(46)40-20-23-11-12-32(39)29(17-23)24-7-5-10-27(18-24)38(48)49;1-3-34-31(35(43-29-13-15-49-16-14-29)32-22-42-45(4-2)36(32)44-34)21-41-38(48)28-10-6-9-27(19-28)37(47)40-20-24-11-12-33(39)30(18-24)26-8-5-7-25(17-26)23-46/h5-12,17-19,22,28H,3-4,13-16,20-21H2,1-2H3,(H,40,46)(H,41,47)(H,43,44)(H,48,49);5-12,17-19,22,29,46H,3-4,13-16,20-21,23H2,1-2H3,(H,40,47)(H,41,48)(H,43,44). The number of pyridine rings is 2. The quantitative estimate of drug-likeness (QED) is 0.0279. The van der Waals surface area contributed by atoms with Crippen LogP contribution in [0.2, 0.25) is 0 Å². The van der Waals surface area contributed by atoms with E-state index in [-0.39, 0.29) is 73.7 Å². The molecule has 2 aliphatic rings. The maximum Gasteiger partial charge on any atom is 0.335 e. The summed E-state index contributed by atoms with van der Waals surface area (Å²) in [6.45, 7) is 12.9. The molecule has 0 atom stereocenters. The van der Waals surface area contributed by atoms with Crippen LogP contribution in [0.1, 0.15) is 144 Å². The molecule has 6 aromatic carbocycles. The molecule has 0 aliphatic carbocycles. The highest BCUT2D eigenvalue weighted by Crippen LogP contribution is 2.34. The Bertz CT molecular complexity index is 4600. The number of fused-ring (bicyclic) bond motifs is 2. The number of aryl methyl sites for hydroxylation is 4. The summed E-state index contributed by atoms with van der Waals surface area (Å²) in [5, 5.41) is 49.0. The number of ether oxygens (including phenoxy) is 2. The van der Waals surface area contributed by atoms with Gasteiger partial charge in [-0.2, -0.15) is 10.2 Å². The molecule has 4 amide bonds. The molecule has 0 saturated carbocycles.